The van der Waals surface area contributed by atoms with Crippen LogP contribution in [-0.4, -0.2) is 31.8 Å². The van der Waals surface area contributed by atoms with Gasteiger partial charge in [0.05, 0.1) is 19.3 Å². The van der Waals surface area contributed by atoms with Crippen molar-refractivity contribution in [3.8, 4) is 6.01 Å². The van der Waals surface area contributed by atoms with E-state index in [9.17, 15) is 0 Å². The molecule has 0 saturated carbocycles. The van der Waals surface area contributed by atoms with Crippen molar-refractivity contribution in [1.29, 1.82) is 0 Å². The number of aryl methyl sites for hydroxylation is 1. The quantitative estimate of drug-likeness (QED) is 0.873. The molecule has 2 rings (SSSR count). The summed E-state index contributed by atoms with van der Waals surface area (Å²) in [5.74, 6) is 0.364. The lowest BCUT2D eigenvalue weighted by Gasteiger charge is -2.06. The summed E-state index contributed by atoms with van der Waals surface area (Å²) in [6, 6.07) is 2.07. The third-order valence-electron chi connectivity index (χ3n) is 2.12. The van der Waals surface area contributed by atoms with Crippen LogP contribution in [0.2, 0.25) is 5.28 Å². The minimum absolute atomic E-state index is 0.0874. The molecule has 2 aromatic rings. The summed E-state index contributed by atoms with van der Waals surface area (Å²) in [6.07, 6.45) is 1.72. The van der Waals surface area contributed by atoms with Crippen molar-refractivity contribution in [2.75, 3.05) is 12.4 Å². The maximum absolute atomic E-state index is 5.72. The second-order valence-corrected chi connectivity index (χ2v) is 3.55. The molecule has 0 aliphatic rings. The molecule has 0 radical (unpaired) electrons. The van der Waals surface area contributed by atoms with E-state index in [4.69, 9.17) is 16.3 Å². The van der Waals surface area contributed by atoms with E-state index in [0.29, 0.717) is 12.5 Å². The standard InChI is InChI=1S/C9H11ClN6O/c1-16-6(3-4-12-16)5-11-8-13-7(10)14-9(15-8)17-2/h3-4H,5H2,1-2H3,(H,11,13,14,15). The third-order valence-corrected chi connectivity index (χ3v) is 2.29. The predicted molar refractivity (Wildman–Crippen MR) is 61.9 cm³/mol. The average molecular weight is 255 g/mol. The summed E-state index contributed by atoms with van der Waals surface area (Å²) in [4.78, 5) is 11.7. The first-order chi connectivity index (χ1) is 8.19. The van der Waals surface area contributed by atoms with Crippen molar-refractivity contribution in [2.24, 2.45) is 7.05 Å². The number of nitrogens with one attached hydrogen (secondary N) is 1. The molecule has 8 heteroatoms. The number of hydrogen-bond donors (Lipinski definition) is 1. The molecule has 7 nitrogen and oxygen atoms in total. The second kappa shape index (κ2) is 4.96. The van der Waals surface area contributed by atoms with Gasteiger partial charge in [-0.05, 0) is 17.7 Å². The van der Waals surface area contributed by atoms with Crippen molar-refractivity contribution >= 4 is 17.5 Å². The Balaban J connectivity index is 2.09. The predicted octanol–water partition coefficient (Wildman–Crippen LogP) is 0.879. The summed E-state index contributed by atoms with van der Waals surface area (Å²) < 4.78 is 6.65. The smallest absolute Gasteiger partial charge is 0.322 e. The number of aromatic nitrogens is 5. The van der Waals surface area contributed by atoms with E-state index in [1.54, 1.807) is 10.9 Å². The molecular weight excluding hydrogens is 244 g/mol. The number of rotatable bonds is 4. The van der Waals surface area contributed by atoms with Crippen molar-refractivity contribution < 1.29 is 4.74 Å². The van der Waals surface area contributed by atoms with Gasteiger partial charge >= 0.3 is 6.01 Å². The molecule has 0 amide bonds. The van der Waals surface area contributed by atoms with Crippen LogP contribution >= 0.6 is 11.6 Å². The lowest BCUT2D eigenvalue weighted by atomic mass is 10.4. The summed E-state index contributed by atoms with van der Waals surface area (Å²) in [7, 11) is 3.33. The zero-order valence-electron chi connectivity index (χ0n) is 9.38. The Labute approximate surface area is 103 Å². The topological polar surface area (TPSA) is 77.8 Å². The zero-order valence-corrected chi connectivity index (χ0v) is 10.1. The Bertz CT molecular complexity index is 514. The first kappa shape index (κ1) is 11.6. The van der Waals surface area contributed by atoms with Gasteiger partial charge in [-0.1, -0.05) is 0 Å². The van der Waals surface area contributed by atoms with Crippen LogP contribution in [0, 0.1) is 0 Å². The molecule has 0 fully saturated rings. The molecule has 1 N–H and O–H groups in total. The number of methoxy groups -OCH3 is 1. The van der Waals surface area contributed by atoms with Crippen LogP contribution < -0.4 is 10.1 Å². The molecule has 0 spiro atoms. The summed E-state index contributed by atoms with van der Waals surface area (Å²) in [6.45, 7) is 0.542. The van der Waals surface area contributed by atoms with E-state index in [0.717, 1.165) is 5.69 Å². The van der Waals surface area contributed by atoms with E-state index < -0.39 is 0 Å². The molecule has 0 aromatic carbocycles. The van der Waals surface area contributed by atoms with Gasteiger partial charge in [0.1, 0.15) is 0 Å². The van der Waals surface area contributed by atoms with Crippen LogP contribution in [-0.2, 0) is 13.6 Å². The monoisotopic (exact) mass is 254 g/mol. The Morgan fingerprint density at radius 3 is 2.88 bits per heavy atom. The van der Waals surface area contributed by atoms with Crippen molar-refractivity contribution in [1.82, 2.24) is 24.7 Å². The average Bonchev–Trinajstić information content (AvgIpc) is 2.71. The third kappa shape index (κ3) is 2.82. The number of anilines is 1. The molecule has 0 atom stereocenters. The Morgan fingerprint density at radius 2 is 2.24 bits per heavy atom. The molecule has 0 bridgehead atoms. The molecule has 0 aliphatic carbocycles. The van der Waals surface area contributed by atoms with Gasteiger partial charge in [-0.3, -0.25) is 4.68 Å². The van der Waals surface area contributed by atoms with Crippen LogP contribution in [0.4, 0.5) is 5.95 Å². The number of hydrogen-bond acceptors (Lipinski definition) is 6. The minimum atomic E-state index is 0.0874. The van der Waals surface area contributed by atoms with Crippen LogP contribution in [0.15, 0.2) is 12.3 Å². The normalized spacial score (nSPS) is 10.3. The highest BCUT2D eigenvalue weighted by atomic mass is 35.5. The van der Waals surface area contributed by atoms with E-state index in [2.05, 4.69) is 25.4 Å². The van der Waals surface area contributed by atoms with Gasteiger partial charge in [-0.2, -0.15) is 20.1 Å². The Morgan fingerprint density at radius 1 is 1.41 bits per heavy atom. The Kier molecular flexibility index (Phi) is 3.38. The maximum Gasteiger partial charge on any atom is 0.322 e. The van der Waals surface area contributed by atoms with Gasteiger partial charge in [-0.25, -0.2) is 0 Å². The Hall–Kier alpha value is -1.89. The molecule has 2 heterocycles. The second-order valence-electron chi connectivity index (χ2n) is 3.21. The fourth-order valence-electron chi connectivity index (χ4n) is 1.25. The highest BCUT2D eigenvalue weighted by Gasteiger charge is 2.05. The highest BCUT2D eigenvalue weighted by molar-refractivity contribution is 6.28. The van der Waals surface area contributed by atoms with E-state index in [1.165, 1.54) is 7.11 Å². The first-order valence-corrected chi connectivity index (χ1v) is 5.23. The fraction of sp³-hybridized carbons (Fsp3) is 0.333. The number of ether oxygens (including phenoxy) is 1. The van der Waals surface area contributed by atoms with Crippen LogP contribution in [0.3, 0.4) is 0 Å². The van der Waals surface area contributed by atoms with Crippen LogP contribution in [0.25, 0.3) is 0 Å². The summed E-state index contributed by atoms with van der Waals surface area (Å²) >= 11 is 5.72. The van der Waals surface area contributed by atoms with E-state index >= 15 is 0 Å². The van der Waals surface area contributed by atoms with Crippen LogP contribution in [0.5, 0.6) is 6.01 Å². The molecule has 0 saturated heterocycles. The SMILES string of the molecule is COc1nc(Cl)nc(NCc2ccnn2C)n1. The van der Waals surface area contributed by atoms with E-state index in [-0.39, 0.29) is 11.3 Å². The van der Waals surface area contributed by atoms with Crippen molar-refractivity contribution in [2.45, 2.75) is 6.54 Å². The van der Waals surface area contributed by atoms with Gasteiger partial charge < -0.3 is 10.1 Å². The van der Waals surface area contributed by atoms with Gasteiger partial charge in [-0.15, -0.1) is 0 Å². The molecule has 0 unspecified atom stereocenters. The number of nitrogens with zero attached hydrogens (tertiary/aromatic N) is 5. The van der Waals surface area contributed by atoms with E-state index in [1.807, 2.05) is 13.1 Å². The summed E-state index contributed by atoms with van der Waals surface area (Å²) in [5.41, 5.74) is 1.00. The van der Waals surface area contributed by atoms with Crippen LogP contribution in [0.1, 0.15) is 5.69 Å². The molecule has 17 heavy (non-hydrogen) atoms. The molecule has 2 aromatic heterocycles. The van der Waals surface area contributed by atoms with Gasteiger partial charge in [0.15, 0.2) is 0 Å². The van der Waals surface area contributed by atoms with Crippen molar-refractivity contribution in [3.63, 3.8) is 0 Å². The van der Waals surface area contributed by atoms with Gasteiger partial charge in [0.25, 0.3) is 0 Å². The largest absolute Gasteiger partial charge is 0.467 e. The maximum atomic E-state index is 5.72. The fourth-order valence-corrected chi connectivity index (χ4v) is 1.40. The molecular formula is C9H11ClN6O. The first-order valence-electron chi connectivity index (χ1n) is 4.85. The van der Waals surface area contributed by atoms with Gasteiger partial charge in [0.2, 0.25) is 11.2 Å². The molecule has 0 aliphatic heterocycles. The summed E-state index contributed by atoms with van der Waals surface area (Å²) in [5, 5.41) is 7.16. The van der Waals surface area contributed by atoms with Crippen molar-refractivity contribution in [3.05, 3.63) is 23.2 Å². The zero-order chi connectivity index (χ0) is 12.3. The minimum Gasteiger partial charge on any atom is -0.467 e. The number of halogens is 1. The lowest BCUT2D eigenvalue weighted by Crippen LogP contribution is -2.09. The van der Waals surface area contributed by atoms with Gasteiger partial charge in [0, 0.05) is 13.2 Å². The highest BCUT2D eigenvalue weighted by Crippen LogP contribution is 2.11. The lowest BCUT2D eigenvalue weighted by molar-refractivity contribution is 0.379. The molecule has 90 valence electrons.